The maximum Gasteiger partial charge on any atom is 0.155 e. The van der Waals surface area contributed by atoms with Gasteiger partial charge in [-0.05, 0) is 32.9 Å². The van der Waals surface area contributed by atoms with E-state index < -0.39 is 0 Å². The van der Waals surface area contributed by atoms with Gasteiger partial charge in [0.05, 0.1) is 10.6 Å². The number of hydrogen-bond acceptors (Lipinski definition) is 2. The first-order valence-electron chi connectivity index (χ1n) is 4.37. The predicted molar refractivity (Wildman–Crippen MR) is 57.2 cm³/mol. The summed E-state index contributed by atoms with van der Waals surface area (Å²) in [5.41, 5.74) is 0.0757. The van der Waals surface area contributed by atoms with Crippen LogP contribution < -0.4 is 4.74 Å². The quantitative estimate of drug-likeness (QED) is 0.703. The molecule has 0 fully saturated rings. The molecule has 0 heterocycles. The van der Waals surface area contributed by atoms with Crippen LogP contribution in [-0.2, 0) is 0 Å². The maximum absolute atomic E-state index is 10.8. The van der Waals surface area contributed by atoms with Crippen LogP contribution in [0.4, 0.5) is 0 Å². The standard InChI is InChI=1S/C11H13ClO2/c1-11(2,3)14-10-6-4-5-9(12)8(10)7-13/h4-7H,1-3H3. The Morgan fingerprint density at radius 3 is 2.50 bits per heavy atom. The number of halogens is 1. The van der Waals surface area contributed by atoms with Crippen molar-refractivity contribution in [3.63, 3.8) is 0 Å². The molecule has 0 bridgehead atoms. The number of hydrogen-bond donors (Lipinski definition) is 0. The lowest BCUT2D eigenvalue weighted by atomic mass is 10.1. The van der Waals surface area contributed by atoms with E-state index >= 15 is 0 Å². The number of carbonyl (C=O) groups excluding carboxylic acids is 1. The third-order valence-electron chi connectivity index (χ3n) is 1.55. The van der Waals surface area contributed by atoms with Gasteiger partial charge in [0.15, 0.2) is 6.29 Å². The molecule has 1 aromatic carbocycles. The van der Waals surface area contributed by atoms with Crippen molar-refractivity contribution in [3.05, 3.63) is 28.8 Å². The van der Waals surface area contributed by atoms with E-state index in [0.717, 1.165) is 0 Å². The molecule has 3 heteroatoms. The van der Waals surface area contributed by atoms with Gasteiger partial charge in [-0.3, -0.25) is 4.79 Å². The normalized spacial score (nSPS) is 11.1. The Morgan fingerprint density at radius 1 is 1.36 bits per heavy atom. The Balaban J connectivity index is 3.08. The number of benzene rings is 1. The molecule has 0 atom stereocenters. The van der Waals surface area contributed by atoms with Crippen molar-refractivity contribution < 1.29 is 9.53 Å². The van der Waals surface area contributed by atoms with Gasteiger partial charge in [0.25, 0.3) is 0 Å². The molecule has 0 spiro atoms. The molecule has 76 valence electrons. The van der Waals surface area contributed by atoms with Crippen molar-refractivity contribution in [2.24, 2.45) is 0 Å². The zero-order valence-corrected chi connectivity index (χ0v) is 9.26. The maximum atomic E-state index is 10.8. The number of carbonyl (C=O) groups is 1. The van der Waals surface area contributed by atoms with Crippen LogP contribution in [0.1, 0.15) is 31.1 Å². The van der Waals surface area contributed by atoms with Crippen molar-refractivity contribution in [2.45, 2.75) is 26.4 Å². The average molecular weight is 213 g/mol. The summed E-state index contributed by atoms with van der Waals surface area (Å²) in [5, 5.41) is 0.418. The highest BCUT2D eigenvalue weighted by Gasteiger charge is 2.15. The summed E-state index contributed by atoms with van der Waals surface area (Å²) >= 11 is 5.85. The second-order valence-corrected chi connectivity index (χ2v) is 4.39. The van der Waals surface area contributed by atoms with E-state index in [4.69, 9.17) is 16.3 Å². The molecule has 0 unspecified atom stereocenters. The summed E-state index contributed by atoms with van der Waals surface area (Å²) in [7, 11) is 0. The van der Waals surface area contributed by atoms with E-state index in [2.05, 4.69) is 0 Å². The summed E-state index contributed by atoms with van der Waals surface area (Å²) in [6.07, 6.45) is 0.712. The second-order valence-electron chi connectivity index (χ2n) is 3.98. The first-order valence-corrected chi connectivity index (χ1v) is 4.74. The molecule has 0 saturated heterocycles. The molecule has 14 heavy (non-hydrogen) atoms. The highest BCUT2D eigenvalue weighted by Crippen LogP contribution is 2.27. The van der Waals surface area contributed by atoms with Crippen LogP contribution in [0.15, 0.2) is 18.2 Å². The van der Waals surface area contributed by atoms with Gasteiger partial charge >= 0.3 is 0 Å². The van der Waals surface area contributed by atoms with Crippen LogP contribution in [-0.4, -0.2) is 11.9 Å². The van der Waals surface area contributed by atoms with Gasteiger partial charge in [0, 0.05) is 0 Å². The van der Waals surface area contributed by atoms with Crippen LogP contribution in [0.5, 0.6) is 5.75 Å². The first-order chi connectivity index (χ1) is 6.44. The van der Waals surface area contributed by atoms with E-state index in [-0.39, 0.29) is 5.60 Å². The molecule has 0 N–H and O–H groups in total. The lowest BCUT2D eigenvalue weighted by molar-refractivity contribution is 0.109. The van der Waals surface area contributed by atoms with Gasteiger partial charge in [-0.1, -0.05) is 17.7 Å². The smallest absolute Gasteiger partial charge is 0.155 e. The van der Waals surface area contributed by atoms with Crippen LogP contribution >= 0.6 is 11.6 Å². The molecular formula is C11H13ClO2. The minimum atomic E-state index is -0.331. The molecule has 2 nitrogen and oxygen atoms in total. The zero-order valence-electron chi connectivity index (χ0n) is 8.50. The Hall–Kier alpha value is -1.02. The van der Waals surface area contributed by atoms with Crippen LogP contribution in [0.2, 0.25) is 5.02 Å². The minimum absolute atomic E-state index is 0.331. The molecule has 0 radical (unpaired) electrons. The van der Waals surface area contributed by atoms with Crippen molar-refractivity contribution >= 4 is 17.9 Å². The Morgan fingerprint density at radius 2 is 2.00 bits per heavy atom. The number of aldehydes is 1. The van der Waals surface area contributed by atoms with Crippen LogP contribution in [0.3, 0.4) is 0 Å². The highest BCUT2D eigenvalue weighted by atomic mass is 35.5. The van der Waals surface area contributed by atoms with E-state index in [9.17, 15) is 4.79 Å². The lowest BCUT2D eigenvalue weighted by Gasteiger charge is -2.22. The third-order valence-corrected chi connectivity index (χ3v) is 1.88. The first kappa shape index (κ1) is 11.1. The summed E-state index contributed by atoms with van der Waals surface area (Å²) in [4.78, 5) is 10.8. The predicted octanol–water partition coefficient (Wildman–Crippen LogP) is 3.33. The molecule has 1 aromatic rings. The largest absolute Gasteiger partial charge is 0.487 e. The van der Waals surface area contributed by atoms with Gasteiger partial charge in [-0.15, -0.1) is 0 Å². The molecule has 0 saturated carbocycles. The van der Waals surface area contributed by atoms with Crippen molar-refractivity contribution in [2.75, 3.05) is 0 Å². The highest BCUT2D eigenvalue weighted by molar-refractivity contribution is 6.33. The Kier molecular flexibility index (Phi) is 3.17. The second kappa shape index (κ2) is 4.01. The van der Waals surface area contributed by atoms with E-state index in [1.165, 1.54) is 0 Å². The van der Waals surface area contributed by atoms with E-state index in [0.29, 0.717) is 22.6 Å². The molecule has 0 aromatic heterocycles. The Bertz CT molecular complexity index is 340. The van der Waals surface area contributed by atoms with Crippen molar-refractivity contribution in [3.8, 4) is 5.75 Å². The fraction of sp³-hybridized carbons (Fsp3) is 0.364. The lowest BCUT2D eigenvalue weighted by Crippen LogP contribution is -2.23. The molecule has 0 aliphatic carbocycles. The van der Waals surface area contributed by atoms with E-state index in [1.54, 1.807) is 18.2 Å². The summed E-state index contributed by atoms with van der Waals surface area (Å²) in [5.74, 6) is 0.528. The SMILES string of the molecule is CC(C)(C)Oc1cccc(Cl)c1C=O. The van der Waals surface area contributed by atoms with Gasteiger partial charge in [-0.25, -0.2) is 0 Å². The van der Waals surface area contributed by atoms with Gasteiger partial charge in [0.1, 0.15) is 11.4 Å². The van der Waals surface area contributed by atoms with Gasteiger partial charge in [0.2, 0.25) is 0 Å². The molecular weight excluding hydrogens is 200 g/mol. The molecule has 0 amide bonds. The number of rotatable bonds is 2. The molecule has 0 aliphatic rings. The Labute approximate surface area is 88.8 Å². The average Bonchev–Trinajstić information content (AvgIpc) is 2.01. The van der Waals surface area contributed by atoms with Crippen molar-refractivity contribution in [1.82, 2.24) is 0 Å². The van der Waals surface area contributed by atoms with Gasteiger partial charge < -0.3 is 4.74 Å². The minimum Gasteiger partial charge on any atom is -0.487 e. The summed E-state index contributed by atoms with van der Waals surface area (Å²) in [6, 6.07) is 5.16. The van der Waals surface area contributed by atoms with Crippen molar-refractivity contribution in [1.29, 1.82) is 0 Å². The van der Waals surface area contributed by atoms with E-state index in [1.807, 2.05) is 20.8 Å². The monoisotopic (exact) mass is 212 g/mol. The van der Waals surface area contributed by atoms with Crippen LogP contribution in [0, 0.1) is 0 Å². The fourth-order valence-corrected chi connectivity index (χ4v) is 1.26. The van der Waals surface area contributed by atoms with Crippen LogP contribution in [0.25, 0.3) is 0 Å². The topological polar surface area (TPSA) is 26.3 Å². The number of ether oxygens (including phenoxy) is 1. The fourth-order valence-electron chi connectivity index (χ4n) is 1.05. The molecule has 1 rings (SSSR count). The molecule has 0 aliphatic heterocycles. The third kappa shape index (κ3) is 2.74. The summed E-state index contributed by atoms with van der Waals surface area (Å²) in [6.45, 7) is 5.76. The zero-order chi connectivity index (χ0) is 10.8. The summed E-state index contributed by atoms with van der Waals surface area (Å²) < 4.78 is 5.59. The van der Waals surface area contributed by atoms with Gasteiger partial charge in [-0.2, -0.15) is 0 Å².